The van der Waals surface area contributed by atoms with Crippen LogP contribution in [0.1, 0.15) is 51.9 Å². The summed E-state index contributed by atoms with van der Waals surface area (Å²) in [5.41, 5.74) is 6.08. The molecule has 0 saturated heterocycles. The number of aryl methyl sites for hydroxylation is 1. The van der Waals surface area contributed by atoms with Gasteiger partial charge in [0.25, 0.3) is 5.91 Å². The molecule has 3 heterocycles. The van der Waals surface area contributed by atoms with E-state index in [0.717, 1.165) is 71.6 Å². The van der Waals surface area contributed by atoms with Gasteiger partial charge in [0.2, 0.25) is 0 Å². The number of amides is 1. The minimum absolute atomic E-state index is 0.0379. The highest BCUT2D eigenvalue weighted by molar-refractivity contribution is 6.00. The molecule has 2 N–H and O–H groups in total. The molecule has 0 bridgehead atoms. The number of nitrogens with zero attached hydrogens (tertiary/aromatic N) is 2. The Morgan fingerprint density at radius 2 is 2.12 bits per heavy atom. The van der Waals surface area contributed by atoms with Crippen LogP contribution in [0.5, 0.6) is 5.75 Å². The summed E-state index contributed by atoms with van der Waals surface area (Å²) in [6.45, 7) is 3.41. The fourth-order valence-electron chi connectivity index (χ4n) is 5.41. The van der Waals surface area contributed by atoms with Crippen molar-refractivity contribution in [2.45, 2.75) is 44.7 Å². The fraction of sp³-hybridized carbons (Fsp3) is 0.407. The van der Waals surface area contributed by atoms with Crippen LogP contribution in [-0.2, 0) is 19.4 Å². The Morgan fingerprint density at radius 1 is 1.21 bits per heavy atom. The number of fused-ring (bicyclic) bond motifs is 4. The van der Waals surface area contributed by atoms with Crippen LogP contribution in [0.3, 0.4) is 0 Å². The maximum Gasteiger partial charge on any atom is 0.252 e. The zero-order chi connectivity index (χ0) is 22.4. The fourth-order valence-corrected chi connectivity index (χ4v) is 5.41. The van der Waals surface area contributed by atoms with E-state index in [1.165, 1.54) is 18.4 Å². The van der Waals surface area contributed by atoms with Gasteiger partial charge < -0.3 is 15.0 Å². The molecule has 2 aliphatic heterocycles. The Kier molecular flexibility index (Phi) is 5.07. The summed E-state index contributed by atoms with van der Waals surface area (Å²) >= 11 is 0. The largest absolute Gasteiger partial charge is 0.492 e. The Hall–Kier alpha value is -3.30. The first kappa shape index (κ1) is 20.3. The first-order chi connectivity index (χ1) is 16.2. The van der Waals surface area contributed by atoms with Gasteiger partial charge in [0.15, 0.2) is 0 Å². The topological polar surface area (TPSA) is 81.2 Å². The summed E-state index contributed by atoms with van der Waals surface area (Å²) in [5, 5.41) is 13.4. The molecule has 6 nitrogen and oxygen atoms in total. The highest BCUT2D eigenvalue weighted by atomic mass is 16.5. The zero-order valence-electron chi connectivity index (χ0n) is 18.7. The van der Waals surface area contributed by atoms with E-state index in [9.17, 15) is 10.1 Å². The van der Waals surface area contributed by atoms with E-state index >= 15 is 0 Å². The number of H-pyrrole nitrogens is 1. The maximum absolute atomic E-state index is 12.5. The Balaban J connectivity index is 1.18. The zero-order valence-corrected chi connectivity index (χ0v) is 18.7. The Labute approximate surface area is 193 Å². The predicted octanol–water partition coefficient (Wildman–Crippen LogP) is 3.93. The number of aromatic amines is 1. The molecule has 6 rings (SSSR count). The molecule has 0 unspecified atom stereocenters. The smallest absolute Gasteiger partial charge is 0.252 e. The molecule has 3 aromatic rings. The van der Waals surface area contributed by atoms with E-state index in [-0.39, 0.29) is 5.91 Å². The number of nitriles is 1. The van der Waals surface area contributed by atoms with Gasteiger partial charge in [-0.15, -0.1) is 0 Å². The summed E-state index contributed by atoms with van der Waals surface area (Å²) in [4.78, 5) is 18.4. The lowest BCUT2D eigenvalue weighted by atomic mass is 9.93. The van der Waals surface area contributed by atoms with Gasteiger partial charge in [0.05, 0.1) is 17.2 Å². The number of benzene rings is 2. The molecule has 1 fully saturated rings. The van der Waals surface area contributed by atoms with Crippen LogP contribution in [0.15, 0.2) is 36.5 Å². The van der Waals surface area contributed by atoms with E-state index in [4.69, 9.17) is 4.74 Å². The Bertz CT molecular complexity index is 1270. The molecule has 0 radical (unpaired) electrons. The van der Waals surface area contributed by atoms with Crippen molar-refractivity contribution in [2.24, 2.45) is 5.92 Å². The summed E-state index contributed by atoms with van der Waals surface area (Å²) in [5.74, 6) is 1.71. The van der Waals surface area contributed by atoms with Gasteiger partial charge in [-0.05, 0) is 80.0 Å². The average Bonchev–Trinajstić information content (AvgIpc) is 3.46. The van der Waals surface area contributed by atoms with E-state index in [1.807, 2.05) is 30.3 Å². The molecule has 6 heteroatoms. The van der Waals surface area contributed by atoms with Gasteiger partial charge in [-0.1, -0.05) is 6.07 Å². The third kappa shape index (κ3) is 3.87. The first-order valence-corrected chi connectivity index (χ1v) is 12.0. The number of nitrogens with one attached hydrogen (secondary N) is 2. The van der Waals surface area contributed by atoms with Crippen molar-refractivity contribution < 1.29 is 9.53 Å². The van der Waals surface area contributed by atoms with Crippen LogP contribution in [-0.4, -0.2) is 41.5 Å². The van der Waals surface area contributed by atoms with Crippen LogP contribution in [0, 0.1) is 17.2 Å². The number of aromatic nitrogens is 1. The summed E-state index contributed by atoms with van der Waals surface area (Å²) in [7, 11) is 0. The molecule has 2 aromatic carbocycles. The molecule has 168 valence electrons. The molecule has 1 atom stereocenters. The highest BCUT2D eigenvalue weighted by Gasteiger charge is 2.34. The van der Waals surface area contributed by atoms with Gasteiger partial charge in [-0.3, -0.25) is 9.69 Å². The van der Waals surface area contributed by atoms with Gasteiger partial charge in [-0.2, -0.15) is 5.26 Å². The van der Waals surface area contributed by atoms with Crippen LogP contribution in [0.4, 0.5) is 0 Å². The van der Waals surface area contributed by atoms with Gasteiger partial charge in [0, 0.05) is 41.8 Å². The van der Waals surface area contributed by atoms with E-state index in [0.29, 0.717) is 24.8 Å². The van der Waals surface area contributed by atoms with Crippen LogP contribution >= 0.6 is 0 Å². The second-order valence-corrected chi connectivity index (χ2v) is 9.66. The predicted molar refractivity (Wildman–Crippen MR) is 126 cm³/mol. The molecular formula is C27H28N4O2. The summed E-state index contributed by atoms with van der Waals surface area (Å²) in [6.07, 6.45) is 7.61. The standard InChI is InChI=1S/C27H28N4O2/c28-12-18-5-7-24-22(10-18)19(13-29-24)2-1-9-31(15-17-3-4-17)21-11-23-25(33-16-21)8-6-20-14-30-27(32)26(20)23/h5-8,10,13,17,21,29H,1-4,9,11,14-16H2,(H,30,32)/t21-/m1/s1. The van der Waals surface area contributed by atoms with Gasteiger partial charge in [0.1, 0.15) is 12.4 Å². The quantitative estimate of drug-likeness (QED) is 0.583. The Morgan fingerprint density at radius 3 is 2.97 bits per heavy atom. The number of ether oxygens (including phenoxy) is 1. The minimum Gasteiger partial charge on any atom is -0.492 e. The SMILES string of the molecule is N#Cc1ccc2[nH]cc(CCCN(CC3CC3)[C@H]3COc4ccc5c(c4C3)C(=O)NC5)c2c1. The van der Waals surface area contributed by atoms with Crippen molar-refractivity contribution in [3.63, 3.8) is 0 Å². The lowest BCUT2D eigenvalue weighted by Gasteiger charge is -2.36. The normalized spacial score (nSPS) is 19.2. The summed E-state index contributed by atoms with van der Waals surface area (Å²) in [6, 6.07) is 12.4. The van der Waals surface area contributed by atoms with Crippen LogP contribution in [0.2, 0.25) is 0 Å². The number of hydrogen-bond donors (Lipinski definition) is 2. The molecule has 0 spiro atoms. The second kappa shape index (κ2) is 8.24. The molecular weight excluding hydrogens is 412 g/mol. The lowest BCUT2D eigenvalue weighted by Crippen LogP contribution is -2.45. The number of carbonyl (C=O) groups excluding carboxylic acids is 1. The number of hydrogen-bond acceptors (Lipinski definition) is 4. The van der Waals surface area contributed by atoms with Crippen molar-refractivity contribution in [1.29, 1.82) is 5.26 Å². The van der Waals surface area contributed by atoms with Crippen molar-refractivity contribution in [3.8, 4) is 11.8 Å². The third-order valence-electron chi connectivity index (χ3n) is 7.39. The molecule has 1 saturated carbocycles. The average molecular weight is 441 g/mol. The van der Waals surface area contributed by atoms with E-state index in [2.05, 4.69) is 27.5 Å². The van der Waals surface area contributed by atoms with E-state index in [1.54, 1.807) is 0 Å². The number of rotatable bonds is 7. The van der Waals surface area contributed by atoms with Gasteiger partial charge >= 0.3 is 0 Å². The maximum atomic E-state index is 12.5. The molecule has 33 heavy (non-hydrogen) atoms. The van der Waals surface area contributed by atoms with Crippen molar-refractivity contribution >= 4 is 16.8 Å². The van der Waals surface area contributed by atoms with Crippen LogP contribution < -0.4 is 10.1 Å². The van der Waals surface area contributed by atoms with Crippen LogP contribution in [0.25, 0.3) is 10.9 Å². The van der Waals surface area contributed by atoms with Crippen molar-refractivity contribution in [1.82, 2.24) is 15.2 Å². The monoisotopic (exact) mass is 440 g/mol. The summed E-state index contributed by atoms with van der Waals surface area (Å²) < 4.78 is 6.17. The van der Waals surface area contributed by atoms with E-state index < -0.39 is 0 Å². The molecule has 3 aliphatic rings. The van der Waals surface area contributed by atoms with Crippen molar-refractivity contribution in [3.05, 3.63) is 64.3 Å². The van der Waals surface area contributed by atoms with Gasteiger partial charge in [-0.25, -0.2) is 0 Å². The number of carbonyl (C=O) groups is 1. The lowest BCUT2D eigenvalue weighted by molar-refractivity contribution is 0.0954. The molecule has 1 aliphatic carbocycles. The highest BCUT2D eigenvalue weighted by Crippen LogP contribution is 2.36. The molecule has 1 amide bonds. The minimum atomic E-state index is 0.0379. The first-order valence-electron chi connectivity index (χ1n) is 12.0. The molecule has 1 aromatic heterocycles. The second-order valence-electron chi connectivity index (χ2n) is 9.66. The third-order valence-corrected chi connectivity index (χ3v) is 7.39. The van der Waals surface area contributed by atoms with Crippen molar-refractivity contribution in [2.75, 3.05) is 19.7 Å².